The summed E-state index contributed by atoms with van der Waals surface area (Å²) >= 11 is 11.9. The van der Waals surface area contributed by atoms with E-state index in [1.807, 2.05) is 6.92 Å². The molecule has 0 unspecified atom stereocenters. The third-order valence-electron chi connectivity index (χ3n) is 4.10. The van der Waals surface area contributed by atoms with E-state index >= 15 is 0 Å². The first-order valence-corrected chi connectivity index (χ1v) is 8.98. The number of benzene rings is 2. The lowest BCUT2D eigenvalue weighted by Gasteiger charge is -2.10. The number of halogens is 2. The van der Waals surface area contributed by atoms with E-state index in [1.54, 1.807) is 30.3 Å². The fourth-order valence-electron chi connectivity index (χ4n) is 2.75. The van der Waals surface area contributed by atoms with E-state index < -0.39 is 11.4 Å². The van der Waals surface area contributed by atoms with Crippen molar-refractivity contribution in [1.82, 2.24) is 0 Å². The molecule has 0 saturated carbocycles. The number of ether oxygens (including phenoxy) is 1. The van der Waals surface area contributed by atoms with Crippen LogP contribution >= 0.6 is 23.2 Å². The summed E-state index contributed by atoms with van der Waals surface area (Å²) in [6.07, 6.45) is 1.43. The SMILES string of the molecule is Cc1ccc2c(=O)c(OC(=O)c3ccc(Cl)cc3Cl)c(-c3ccco3)oc2c1. The van der Waals surface area contributed by atoms with Crippen LogP contribution in [0.4, 0.5) is 0 Å². The minimum atomic E-state index is -0.812. The van der Waals surface area contributed by atoms with Crippen molar-refractivity contribution in [2.45, 2.75) is 6.92 Å². The van der Waals surface area contributed by atoms with Gasteiger partial charge in [-0.15, -0.1) is 0 Å². The Hall–Kier alpha value is -3.02. The average Bonchev–Trinajstić information content (AvgIpc) is 3.18. The van der Waals surface area contributed by atoms with Gasteiger partial charge in [0.2, 0.25) is 16.9 Å². The second kappa shape index (κ2) is 7.19. The van der Waals surface area contributed by atoms with Crippen molar-refractivity contribution in [3.63, 3.8) is 0 Å². The maximum atomic E-state index is 13.0. The van der Waals surface area contributed by atoms with E-state index in [0.717, 1.165) is 5.56 Å². The summed E-state index contributed by atoms with van der Waals surface area (Å²) in [4.78, 5) is 25.7. The number of carbonyl (C=O) groups is 1. The second-order valence-electron chi connectivity index (χ2n) is 6.08. The molecule has 0 aliphatic carbocycles. The van der Waals surface area contributed by atoms with Crippen LogP contribution < -0.4 is 10.2 Å². The zero-order valence-corrected chi connectivity index (χ0v) is 16.0. The first-order chi connectivity index (χ1) is 13.4. The van der Waals surface area contributed by atoms with Gasteiger partial charge in [0.1, 0.15) is 5.58 Å². The van der Waals surface area contributed by atoms with Crippen LogP contribution in [0, 0.1) is 6.92 Å². The Morgan fingerprint density at radius 2 is 1.89 bits per heavy atom. The van der Waals surface area contributed by atoms with E-state index in [9.17, 15) is 9.59 Å². The van der Waals surface area contributed by atoms with Gasteiger partial charge in [-0.05, 0) is 55.0 Å². The summed E-state index contributed by atoms with van der Waals surface area (Å²) in [6.45, 7) is 1.88. The monoisotopic (exact) mass is 414 g/mol. The van der Waals surface area contributed by atoms with E-state index in [-0.39, 0.29) is 33.2 Å². The minimum Gasteiger partial charge on any atom is -0.461 e. The Morgan fingerprint density at radius 1 is 1.07 bits per heavy atom. The molecule has 0 bridgehead atoms. The molecular weight excluding hydrogens is 403 g/mol. The van der Waals surface area contributed by atoms with Crippen molar-refractivity contribution < 1.29 is 18.4 Å². The number of aryl methyl sites for hydroxylation is 1. The lowest BCUT2D eigenvalue weighted by Crippen LogP contribution is -2.16. The first-order valence-electron chi connectivity index (χ1n) is 8.22. The third kappa shape index (κ3) is 3.30. The molecule has 4 aromatic rings. The number of rotatable bonds is 3. The zero-order valence-electron chi connectivity index (χ0n) is 14.5. The molecule has 7 heteroatoms. The Morgan fingerprint density at radius 3 is 2.61 bits per heavy atom. The summed E-state index contributed by atoms with van der Waals surface area (Å²) in [5.41, 5.74) is 0.852. The highest BCUT2D eigenvalue weighted by Crippen LogP contribution is 2.32. The molecule has 0 aliphatic rings. The quantitative estimate of drug-likeness (QED) is 0.391. The van der Waals surface area contributed by atoms with Gasteiger partial charge in [0.25, 0.3) is 0 Å². The van der Waals surface area contributed by atoms with Gasteiger partial charge in [-0.2, -0.15) is 0 Å². The molecule has 0 amide bonds. The van der Waals surface area contributed by atoms with Crippen molar-refractivity contribution in [2.24, 2.45) is 0 Å². The highest BCUT2D eigenvalue weighted by molar-refractivity contribution is 6.36. The van der Waals surface area contributed by atoms with E-state index in [0.29, 0.717) is 10.6 Å². The standard InChI is InChI=1S/C21H12Cl2O5/c1-11-4-6-14-17(9-11)27-19(16-3-2-8-26-16)20(18(14)24)28-21(25)13-7-5-12(22)10-15(13)23/h2-10H,1H3. The number of furan rings is 1. The molecule has 0 saturated heterocycles. The topological polar surface area (TPSA) is 69.7 Å². The minimum absolute atomic E-state index is 0.0199. The van der Waals surface area contributed by atoms with E-state index in [1.165, 1.54) is 24.5 Å². The van der Waals surface area contributed by atoms with Crippen LogP contribution in [0.15, 0.2) is 68.4 Å². The molecule has 2 aromatic heterocycles. The molecule has 140 valence electrons. The van der Waals surface area contributed by atoms with Crippen molar-refractivity contribution >= 4 is 40.1 Å². The maximum Gasteiger partial charge on any atom is 0.345 e. The van der Waals surface area contributed by atoms with Crippen LogP contribution in [-0.4, -0.2) is 5.97 Å². The summed E-state index contributed by atoms with van der Waals surface area (Å²) in [6, 6.07) is 12.7. The van der Waals surface area contributed by atoms with E-state index in [4.69, 9.17) is 36.8 Å². The normalized spacial score (nSPS) is 11.0. The molecule has 0 aliphatic heterocycles. The number of fused-ring (bicyclic) bond motifs is 1. The number of hydrogen-bond acceptors (Lipinski definition) is 5. The van der Waals surface area contributed by atoms with Gasteiger partial charge in [0, 0.05) is 5.02 Å². The Labute approximate surface area is 169 Å². The number of carbonyl (C=O) groups excluding carboxylic acids is 1. The van der Waals surface area contributed by atoms with E-state index in [2.05, 4.69) is 0 Å². The first kappa shape index (κ1) is 18.3. The van der Waals surface area contributed by atoms with Crippen LogP contribution in [0.5, 0.6) is 5.75 Å². The molecule has 0 atom stereocenters. The predicted octanol–water partition coefficient (Wildman–Crippen LogP) is 5.89. The molecule has 0 N–H and O–H groups in total. The lowest BCUT2D eigenvalue weighted by atomic mass is 10.1. The van der Waals surface area contributed by atoms with Crippen LogP contribution in [-0.2, 0) is 0 Å². The number of esters is 1. The van der Waals surface area contributed by atoms with Crippen LogP contribution in [0.25, 0.3) is 22.5 Å². The Bertz CT molecular complexity index is 1260. The predicted molar refractivity (Wildman–Crippen MR) is 106 cm³/mol. The van der Waals surface area contributed by atoms with Crippen molar-refractivity contribution in [1.29, 1.82) is 0 Å². The van der Waals surface area contributed by atoms with Gasteiger partial charge in [0.05, 0.1) is 22.2 Å². The third-order valence-corrected chi connectivity index (χ3v) is 4.64. The molecule has 2 heterocycles. The summed E-state index contributed by atoms with van der Waals surface area (Å²) in [5, 5.41) is 0.766. The second-order valence-corrected chi connectivity index (χ2v) is 6.92. The summed E-state index contributed by atoms with van der Waals surface area (Å²) < 4.78 is 16.6. The molecule has 0 fully saturated rings. The fraction of sp³-hybridized carbons (Fsp3) is 0.0476. The Balaban J connectivity index is 1.88. The Kier molecular flexibility index (Phi) is 4.71. The van der Waals surface area contributed by atoms with Crippen molar-refractivity contribution in [3.8, 4) is 17.3 Å². The zero-order chi connectivity index (χ0) is 19.8. The van der Waals surface area contributed by atoms with Crippen LogP contribution in [0.2, 0.25) is 10.0 Å². The molecule has 2 aromatic carbocycles. The average molecular weight is 415 g/mol. The lowest BCUT2D eigenvalue weighted by molar-refractivity contribution is 0.0731. The highest BCUT2D eigenvalue weighted by Gasteiger charge is 2.24. The summed E-state index contributed by atoms with van der Waals surface area (Å²) in [5.74, 6) is -0.812. The smallest absolute Gasteiger partial charge is 0.345 e. The largest absolute Gasteiger partial charge is 0.461 e. The van der Waals surface area contributed by atoms with Gasteiger partial charge in [-0.25, -0.2) is 4.79 Å². The molecule has 4 rings (SSSR count). The van der Waals surface area contributed by atoms with Crippen LogP contribution in [0.3, 0.4) is 0 Å². The van der Waals surface area contributed by atoms with Crippen molar-refractivity contribution in [3.05, 3.63) is 86.2 Å². The van der Waals surface area contributed by atoms with Crippen LogP contribution in [0.1, 0.15) is 15.9 Å². The highest BCUT2D eigenvalue weighted by atomic mass is 35.5. The molecule has 5 nitrogen and oxygen atoms in total. The maximum absolute atomic E-state index is 13.0. The number of hydrogen-bond donors (Lipinski definition) is 0. The van der Waals surface area contributed by atoms with Gasteiger partial charge >= 0.3 is 5.97 Å². The molecule has 0 spiro atoms. The van der Waals surface area contributed by atoms with Gasteiger partial charge < -0.3 is 13.6 Å². The summed E-state index contributed by atoms with van der Waals surface area (Å²) in [7, 11) is 0. The molecule has 0 radical (unpaired) electrons. The van der Waals surface area contributed by atoms with Gasteiger partial charge in [-0.1, -0.05) is 29.3 Å². The van der Waals surface area contributed by atoms with Gasteiger partial charge in [-0.3, -0.25) is 4.79 Å². The molecular formula is C21H12Cl2O5. The fourth-order valence-corrected chi connectivity index (χ4v) is 3.23. The molecule has 28 heavy (non-hydrogen) atoms. The van der Waals surface area contributed by atoms with Gasteiger partial charge in [0.15, 0.2) is 5.76 Å². The van der Waals surface area contributed by atoms with Crippen molar-refractivity contribution in [2.75, 3.05) is 0 Å².